The van der Waals surface area contributed by atoms with E-state index in [-0.39, 0.29) is 0 Å². The molecule has 0 spiro atoms. The summed E-state index contributed by atoms with van der Waals surface area (Å²) >= 11 is 0. The normalized spacial score (nSPS) is 11.3. The van der Waals surface area contributed by atoms with E-state index < -0.39 is 32.6 Å². The van der Waals surface area contributed by atoms with Gasteiger partial charge in [0.05, 0.1) is 16.0 Å². The highest BCUT2D eigenvalue weighted by molar-refractivity contribution is 7.89. The largest absolute Gasteiger partial charge is 0.478 e. The van der Waals surface area contributed by atoms with E-state index in [1.807, 2.05) is 0 Å². The third kappa shape index (κ3) is 6.09. The SMILES string of the molecule is NS(=O)(=O)c1cccc(C(F)(F)F)c1.O=C(O)c1ccccc1. The van der Waals surface area contributed by atoms with Gasteiger partial charge in [-0.2, -0.15) is 13.2 Å². The fraction of sp³-hybridized carbons (Fsp3) is 0.0714. The predicted molar refractivity (Wildman–Crippen MR) is 76.2 cm³/mol. The number of benzene rings is 2. The van der Waals surface area contributed by atoms with Crippen molar-refractivity contribution in [1.29, 1.82) is 0 Å². The van der Waals surface area contributed by atoms with Crippen molar-refractivity contribution in [2.75, 3.05) is 0 Å². The monoisotopic (exact) mass is 347 g/mol. The maximum absolute atomic E-state index is 12.1. The zero-order valence-corrected chi connectivity index (χ0v) is 12.3. The van der Waals surface area contributed by atoms with Crippen molar-refractivity contribution in [2.45, 2.75) is 11.1 Å². The van der Waals surface area contributed by atoms with Gasteiger partial charge in [0, 0.05) is 0 Å². The van der Waals surface area contributed by atoms with Crippen LogP contribution in [-0.2, 0) is 16.2 Å². The number of halogens is 3. The first-order valence-corrected chi connectivity index (χ1v) is 7.55. The van der Waals surface area contributed by atoms with E-state index >= 15 is 0 Å². The highest BCUT2D eigenvalue weighted by Crippen LogP contribution is 2.30. The number of nitrogens with two attached hydrogens (primary N) is 1. The molecule has 0 aliphatic carbocycles. The van der Waals surface area contributed by atoms with Crippen LogP contribution in [-0.4, -0.2) is 19.5 Å². The molecule has 0 aliphatic rings. The minimum atomic E-state index is -4.57. The first-order chi connectivity index (χ1) is 10.5. The Morgan fingerprint density at radius 1 is 1.00 bits per heavy atom. The predicted octanol–water partition coefficient (Wildman–Crippen LogP) is 2.74. The molecule has 0 unspecified atom stereocenters. The first kappa shape index (κ1) is 18.7. The van der Waals surface area contributed by atoms with Crippen LogP contribution in [0.2, 0.25) is 0 Å². The second-order valence-electron chi connectivity index (χ2n) is 4.24. The highest BCUT2D eigenvalue weighted by Gasteiger charge is 2.31. The second kappa shape index (κ2) is 7.25. The maximum atomic E-state index is 12.1. The van der Waals surface area contributed by atoms with Crippen molar-refractivity contribution in [1.82, 2.24) is 0 Å². The molecule has 9 heteroatoms. The maximum Gasteiger partial charge on any atom is 0.416 e. The summed E-state index contributed by atoms with van der Waals surface area (Å²) in [6.07, 6.45) is -4.57. The molecule has 2 rings (SSSR count). The Kier molecular flexibility index (Phi) is 5.88. The molecule has 0 bridgehead atoms. The molecule has 0 fully saturated rings. The van der Waals surface area contributed by atoms with Crippen LogP contribution in [0, 0.1) is 0 Å². The van der Waals surface area contributed by atoms with Gasteiger partial charge in [-0.1, -0.05) is 24.3 Å². The Morgan fingerprint density at radius 2 is 1.57 bits per heavy atom. The molecule has 0 radical (unpaired) electrons. The van der Waals surface area contributed by atoms with Gasteiger partial charge in [0.2, 0.25) is 10.0 Å². The Bertz CT molecular complexity index is 774. The Morgan fingerprint density at radius 3 is 1.96 bits per heavy atom. The van der Waals surface area contributed by atoms with Crippen LogP contribution in [0.1, 0.15) is 15.9 Å². The number of primary sulfonamides is 1. The molecule has 0 aromatic heterocycles. The minimum Gasteiger partial charge on any atom is -0.478 e. The lowest BCUT2D eigenvalue weighted by Gasteiger charge is -2.07. The number of rotatable bonds is 2. The van der Waals surface area contributed by atoms with E-state index in [1.54, 1.807) is 30.3 Å². The molecule has 0 atom stereocenters. The molecule has 2 aromatic rings. The van der Waals surface area contributed by atoms with Crippen LogP contribution in [0.25, 0.3) is 0 Å². The fourth-order valence-electron chi connectivity index (χ4n) is 1.43. The lowest BCUT2D eigenvalue weighted by molar-refractivity contribution is -0.137. The minimum absolute atomic E-state index is 0.331. The van der Waals surface area contributed by atoms with Gasteiger partial charge in [0.25, 0.3) is 0 Å². The standard InChI is InChI=1S/C7H6F3NO2S.C7H6O2/c8-7(9,10)5-2-1-3-6(4-5)14(11,12)13;8-7(9)6-4-2-1-3-5-6/h1-4H,(H2,11,12,13);1-5H,(H,8,9). The van der Waals surface area contributed by atoms with Gasteiger partial charge >= 0.3 is 12.1 Å². The van der Waals surface area contributed by atoms with Gasteiger partial charge in [-0.05, 0) is 30.3 Å². The summed E-state index contributed by atoms with van der Waals surface area (Å²) in [5.74, 6) is -0.879. The Labute approximate surface area is 130 Å². The molecule has 3 N–H and O–H groups in total. The average molecular weight is 347 g/mol. The summed E-state index contributed by atoms with van der Waals surface area (Å²) in [6, 6.07) is 11.6. The number of sulfonamides is 1. The van der Waals surface area contributed by atoms with Crippen LogP contribution in [0.5, 0.6) is 0 Å². The number of carboxylic acid groups (broad SMARTS) is 1. The topological polar surface area (TPSA) is 97.5 Å². The van der Waals surface area contributed by atoms with Crippen molar-refractivity contribution < 1.29 is 31.5 Å². The number of hydrogen-bond donors (Lipinski definition) is 2. The Hall–Kier alpha value is -2.39. The van der Waals surface area contributed by atoms with Crippen LogP contribution >= 0.6 is 0 Å². The van der Waals surface area contributed by atoms with Crippen molar-refractivity contribution >= 4 is 16.0 Å². The van der Waals surface area contributed by atoms with Crippen LogP contribution in [0.3, 0.4) is 0 Å². The van der Waals surface area contributed by atoms with Gasteiger partial charge in [-0.3, -0.25) is 0 Å². The molecule has 124 valence electrons. The van der Waals surface area contributed by atoms with Crippen molar-refractivity contribution in [3.8, 4) is 0 Å². The summed E-state index contributed by atoms with van der Waals surface area (Å²) in [6.45, 7) is 0. The van der Waals surface area contributed by atoms with Crippen molar-refractivity contribution in [2.24, 2.45) is 5.14 Å². The Balaban J connectivity index is 0.000000253. The summed E-state index contributed by atoms with van der Waals surface area (Å²) in [5.41, 5.74) is -0.707. The van der Waals surface area contributed by atoms with E-state index in [9.17, 15) is 26.4 Å². The number of alkyl halides is 3. The molecule has 0 saturated heterocycles. The first-order valence-electron chi connectivity index (χ1n) is 6.00. The van der Waals surface area contributed by atoms with Gasteiger partial charge in [0.1, 0.15) is 0 Å². The van der Waals surface area contributed by atoms with E-state index in [0.717, 1.165) is 18.2 Å². The molecular formula is C14H12F3NO4S. The van der Waals surface area contributed by atoms with Crippen molar-refractivity contribution in [3.05, 3.63) is 65.7 Å². The highest BCUT2D eigenvalue weighted by atomic mass is 32.2. The summed E-state index contributed by atoms with van der Waals surface area (Å²) in [5, 5.41) is 13.1. The van der Waals surface area contributed by atoms with Gasteiger partial charge in [-0.15, -0.1) is 0 Å². The van der Waals surface area contributed by atoms with Crippen LogP contribution < -0.4 is 5.14 Å². The lowest BCUT2D eigenvalue weighted by Crippen LogP contribution is -2.14. The van der Waals surface area contributed by atoms with Gasteiger partial charge in [-0.25, -0.2) is 18.4 Å². The van der Waals surface area contributed by atoms with E-state index in [2.05, 4.69) is 5.14 Å². The summed E-state index contributed by atoms with van der Waals surface area (Å²) in [4.78, 5) is 9.65. The smallest absolute Gasteiger partial charge is 0.416 e. The van der Waals surface area contributed by atoms with Gasteiger partial charge < -0.3 is 5.11 Å². The second-order valence-corrected chi connectivity index (χ2v) is 5.80. The van der Waals surface area contributed by atoms with E-state index in [0.29, 0.717) is 11.6 Å². The number of hydrogen-bond acceptors (Lipinski definition) is 3. The van der Waals surface area contributed by atoms with Crippen molar-refractivity contribution in [3.63, 3.8) is 0 Å². The molecule has 0 aliphatic heterocycles. The molecule has 0 amide bonds. The van der Waals surface area contributed by atoms with E-state index in [4.69, 9.17) is 5.11 Å². The summed E-state index contributed by atoms with van der Waals surface area (Å²) < 4.78 is 57.8. The molecule has 23 heavy (non-hydrogen) atoms. The number of carboxylic acids is 1. The molecule has 2 aromatic carbocycles. The lowest BCUT2D eigenvalue weighted by atomic mass is 10.2. The van der Waals surface area contributed by atoms with Gasteiger partial charge in [0.15, 0.2) is 0 Å². The van der Waals surface area contributed by atoms with Crippen LogP contribution in [0.15, 0.2) is 59.5 Å². The number of carbonyl (C=O) groups is 1. The third-order valence-electron chi connectivity index (χ3n) is 2.51. The zero-order chi connectivity index (χ0) is 17.7. The molecular weight excluding hydrogens is 335 g/mol. The summed E-state index contributed by atoms with van der Waals surface area (Å²) in [7, 11) is -4.09. The number of aromatic carboxylic acids is 1. The fourth-order valence-corrected chi connectivity index (χ4v) is 1.99. The quantitative estimate of drug-likeness (QED) is 0.873. The van der Waals surface area contributed by atoms with Crippen LogP contribution in [0.4, 0.5) is 13.2 Å². The molecule has 0 heterocycles. The third-order valence-corrected chi connectivity index (χ3v) is 3.42. The molecule has 5 nitrogen and oxygen atoms in total. The van der Waals surface area contributed by atoms with E-state index in [1.165, 1.54) is 0 Å². The zero-order valence-electron chi connectivity index (χ0n) is 11.5. The molecule has 0 saturated carbocycles. The average Bonchev–Trinajstić information content (AvgIpc) is 2.47.